The van der Waals surface area contributed by atoms with Gasteiger partial charge in [0.2, 0.25) is 0 Å². The van der Waals surface area contributed by atoms with Crippen molar-refractivity contribution in [1.82, 2.24) is 4.98 Å². The van der Waals surface area contributed by atoms with E-state index in [9.17, 15) is 12.8 Å². The minimum atomic E-state index is -3.60. The van der Waals surface area contributed by atoms with E-state index >= 15 is 0 Å². The van der Waals surface area contributed by atoms with Crippen molar-refractivity contribution < 1.29 is 12.8 Å². The lowest BCUT2D eigenvalue weighted by Gasteiger charge is -2.31. The van der Waals surface area contributed by atoms with Crippen molar-refractivity contribution in [3.63, 3.8) is 0 Å². The molecular weight excluding hydrogens is 455 g/mol. The molecule has 0 amide bonds. The number of rotatable bonds is 6. The van der Waals surface area contributed by atoms with Gasteiger partial charge in [0.25, 0.3) is 0 Å². The summed E-state index contributed by atoms with van der Waals surface area (Å²) in [6.07, 6.45) is 2.79. The summed E-state index contributed by atoms with van der Waals surface area (Å²) in [7, 11) is -3.60. The van der Waals surface area contributed by atoms with Crippen LogP contribution in [-0.2, 0) is 22.7 Å². The molecular formula is C23H24ClFN2O2S2. The van der Waals surface area contributed by atoms with E-state index in [2.05, 4.69) is 41.5 Å². The number of benzene rings is 2. The number of halogens is 2. The van der Waals surface area contributed by atoms with E-state index < -0.39 is 20.9 Å². The number of anilines is 1. The Hall–Kier alpha value is -1.96. The summed E-state index contributed by atoms with van der Waals surface area (Å²) >= 11 is 7.60. The third-order valence-electron chi connectivity index (χ3n) is 5.71. The van der Waals surface area contributed by atoms with Gasteiger partial charge in [0.05, 0.1) is 20.9 Å². The molecule has 2 heterocycles. The van der Waals surface area contributed by atoms with Gasteiger partial charge in [0, 0.05) is 24.9 Å². The van der Waals surface area contributed by atoms with Crippen molar-refractivity contribution in [2.75, 3.05) is 18.0 Å². The molecule has 1 saturated heterocycles. The molecule has 1 fully saturated rings. The first kappa shape index (κ1) is 22.2. The molecule has 164 valence electrons. The molecule has 0 spiro atoms. The molecule has 0 aliphatic carbocycles. The van der Waals surface area contributed by atoms with E-state index in [1.165, 1.54) is 17.2 Å². The molecule has 0 saturated carbocycles. The SMILES string of the molecule is CCc1ccc(Cc2csc(N3CCC(S(=O)(=O)c4ccc(F)cc4Cl)CC3)n2)cc1. The summed E-state index contributed by atoms with van der Waals surface area (Å²) in [4.78, 5) is 6.93. The van der Waals surface area contributed by atoms with Gasteiger partial charge in [-0.25, -0.2) is 17.8 Å². The number of hydrogen-bond acceptors (Lipinski definition) is 5. The molecule has 3 aromatic rings. The third kappa shape index (κ3) is 4.94. The lowest BCUT2D eigenvalue weighted by Crippen LogP contribution is -2.39. The summed E-state index contributed by atoms with van der Waals surface area (Å²) in [6, 6.07) is 12.1. The summed E-state index contributed by atoms with van der Waals surface area (Å²) in [5, 5.41) is 2.42. The standard InChI is InChI=1S/C23H24ClFN2O2S2/c1-2-16-3-5-17(6-4-16)13-19-15-30-23(26-19)27-11-9-20(10-12-27)31(28,29)22-8-7-18(25)14-21(22)24/h3-8,14-15,20H,2,9-13H2,1H3. The molecule has 1 aromatic heterocycles. The van der Waals surface area contributed by atoms with Gasteiger partial charge in [-0.2, -0.15) is 0 Å². The van der Waals surface area contributed by atoms with E-state index in [0.29, 0.717) is 25.9 Å². The second-order valence-electron chi connectivity index (χ2n) is 7.77. The van der Waals surface area contributed by atoms with Crippen LogP contribution in [0.2, 0.25) is 5.02 Å². The first-order valence-electron chi connectivity index (χ1n) is 10.3. The number of sulfone groups is 1. The largest absolute Gasteiger partial charge is 0.348 e. The number of thiazole rings is 1. The van der Waals surface area contributed by atoms with Crippen LogP contribution in [0.5, 0.6) is 0 Å². The number of nitrogens with zero attached hydrogens (tertiary/aromatic N) is 2. The lowest BCUT2D eigenvalue weighted by molar-refractivity contribution is 0.529. The highest BCUT2D eigenvalue weighted by atomic mass is 35.5. The molecule has 0 radical (unpaired) electrons. The molecule has 4 nitrogen and oxygen atoms in total. The summed E-state index contributed by atoms with van der Waals surface area (Å²) < 4.78 is 39.3. The number of aromatic nitrogens is 1. The minimum Gasteiger partial charge on any atom is -0.348 e. The van der Waals surface area contributed by atoms with Crippen LogP contribution in [0.1, 0.15) is 36.6 Å². The van der Waals surface area contributed by atoms with Gasteiger partial charge in [0.15, 0.2) is 15.0 Å². The van der Waals surface area contributed by atoms with Gasteiger partial charge in [-0.15, -0.1) is 11.3 Å². The van der Waals surface area contributed by atoms with Crippen LogP contribution >= 0.6 is 22.9 Å². The van der Waals surface area contributed by atoms with Crippen molar-refractivity contribution in [2.24, 2.45) is 0 Å². The van der Waals surface area contributed by atoms with Gasteiger partial charge >= 0.3 is 0 Å². The van der Waals surface area contributed by atoms with Crippen LogP contribution in [0.3, 0.4) is 0 Å². The Morgan fingerprint density at radius 1 is 1.13 bits per heavy atom. The predicted molar refractivity (Wildman–Crippen MR) is 125 cm³/mol. The van der Waals surface area contributed by atoms with Crippen molar-refractivity contribution >= 4 is 37.9 Å². The highest BCUT2D eigenvalue weighted by molar-refractivity contribution is 7.92. The van der Waals surface area contributed by atoms with Crippen molar-refractivity contribution in [1.29, 1.82) is 0 Å². The first-order valence-corrected chi connectivity index (χ1v) is 13.1. The van der Waals surface area contributed by atoms with Crippen LogP contribution < -0.4 is 4.90 Å². The van der Waals surface area contributed by atoms with E-state index in [-0.39, 0.29) is 9.92 Å². The Kier molecular flexibility index (Phi) is 6.65. The third-order valence-corrected chi connectivity index (χ3v) is 9.40. The van der Waals surface area contributed by atoms with Crippen LogP contribution in [0, 0.1) is 5.82 Å². The molecule has 2 aromatic carbocycles. The lowest BCUT2D eigenvalue weighted by atomic mass is 10.1. The number of aryl methyl sites for hydroxylation is 1. The fraction of sp³-hybridized carbons (Fsp3) is 0.348. The maximum atomic E-state index is 13.3. The highest BCUT2D eigenvalue weighted by Crippen LogP contribution is 2.32. The molecule has 0 atom stereocenters. The Morgan fingerprint density at radius 2 is 1.81 bits per heavy atom. The first-order chi connectivity index (χ1) is 14.9. The van der Waals surface area contributed by atoms with E-state index in [4.69, 9.17) is 16.6 Å². The van der Waals surface area contributed by atoms with Crippen LogP contribution in [0.4, 0.5) is 9.52 Å². The van der Waals surface area contributed by atoms with Crippen molar-refractivity contribution in [2.45, 2.75) is 42.8 Å². The van der Waals surface area contributed by atoms with Crippen molar-refractivity contribution in [3.05, 3.63) is 75.5 Å². The van der Waals surface area contributed by atoms with Gasteiger partial charge in [-0.05, 0) is 48.6 Å². The molecule has 31 heavy (non-hydrogen) atoms. The zero-order chi connectivity index (χ0) is 22.0. The van der Waals surface area contributed by atoms with E-state index in [1.807, 2.05) is 0 Å². The number of piperidine rings is 1. The van der Waals surface area contributed by atoms with Crippen LogP contribution in [0.25, 0.3) is 0 Å². The Balaban J connectivity index is 1.39. The van der Waals surface area contributed by atoms with E-state index in [1.54, 1.807) is 11.3 Å². The van der Waals surface area contributed by atoms with Gasteiger partial charge in [-0.3, -0.25) is 0 Å². The quantitative estimate of drug-likeness (QED) is 0.437. The highest BCUT2D eigenvalue weighted by Gasteiger charge is 2.33. The summed E-state index contributed by atoms with van der Waals surface area (Å²) in [6.45, 7) is 3.37. The summed E-state index contributed by atoms with van der Waals surface area (Å²) in [5.41, 5.74) is 3.58. The average Bonchev–Trinajstić information content (AvgIpc) is 3.22. The van der Waals surface area contributed by atoms with Crippen molar-refractivity contribution in [3.8, 4) is 0 Å². The number of hydrogen-bond donors (Lipinski definition) is 0. The molecule has 0 bridgehead atoms. The zero-order valence-electron chi connectivity index (χ0n) is 17.2. The predicted octanol–water partition coefficient (Wildman–Crippen LogP) is 5.53. The molecule has 1 aliphatic rings. The second-order valence-corrected chi connectivity index (χ2v) is 11.2. The Labute approximate surface area is 191 Å². The maximum absolute atomic E-state index is 13.3. The Bertz CT molecular complexity index is 1150. The molecule has 4 rings (SSSR count). The smallest absolute Gasteiger partial charge is 0.185 e. The van der Waals surface area contributed by atoms with Gasteiger partial charge < -0.3 is 4.90 Å². The molecule has 1 aliphatic heterocycles. The average molecular weight is 479 g/mol. The van der Waals surface area contributed by atoms with Gasteiger partial charge in [-0.1, -0.05) is 42.8 Å². The fourth-order valence-electron chi connectivity index (χ4n) is 3.87. The molecule has 0 unspecified atom stereocenters. The molecule has 0 N–H and O–H groups in total. The monoisotopic (exact) mass is 478 g/mol. The minimum absolute atomic E-state index is 0.0136. The zero-order valence-corrected chi connectivity index (χ0v) is 19.6. The Morgan fingerprint density at radius 3 is 2.45 bits per heavy atom. The normalized spacial score (nSPS) is 15.4. The van der Waals surface area contributed by atoms with Crippen LogP contribution in [-0.4, -0.2) is 31.7 Å². The van der Waals surface area contributed by atoms with Gasteiger partial charge in [0.1, 0.15) is 5.82 Å². The fourth-order valence-corrected chi connectivity index (χ4v) is 7.02. The van der Waals surface area contributed by atoms with E-state index in [0.717, 1.165) is 35.8 Å². The summed E-state index contributed by atoms with van der Waals surface area (Å²) in [5.74, 6) is -0.542. The maximum Gasteiger partial charge on any atom is 0.185 e. The van der Waals surface area contributed by atoms with Crippen LogP contribution in [0.15, 0.2) is 52.7 Å². The topological polar surface area (TPSA) is 50.3 Å². The molecule has 8 heteroatoms. The second kappa shape index (κ2) is 9.27.